The molecule has 0 spiro atoms. The van der Waals surface area contributed by atoms with Crippen LogP contribution < -0.4 is 5.32 Å². The van der Waals surface area contributed by atoms with Crippen LogP contribution in [-0.2, 0) is 13.0 Å². The van der Waals surface area contributed by atoms with Crippen LogP contribution in [-0.4, -0.2) is 48.8 Å². The molecule has 8 nitrogen and oxygen atoms in total. The van der Waals surface area contributed by atoms with Gasteiger partial charge in [-0.3, -0.25) is 4.90 Å². The fourth-order valence-electron chi connectivity index (χ4n) is 3.06. The molecule has 0 saturated carbocycles. The van der Waals surface area contributed by atoms with Crippen molar-refractivity contribution < 1.29 is 4.52 Å². The van der Waals surface area contributed by atoms with Crippen molar-refractivity contribution in [3.05, 3.63) is 23.6 Å². The van der Waals surface area contributed by atoms with Gasteiger partial charge in [0.2, 0.25) is 16.0 Å². The quantitative estimate of drug-likeness (QED) is 0.757. The molecule has 4 heterocycles. The average Bonchev–Trinajstić information content (AvgIpc) is 3.22. The van der Waals surface area contributed by atoms with Crippen molar-refractivity contribution in [2.45, 2.75) is 45.7 Å². The number of likely N-dealkylation sites (tertiary alicyclic amines) is 1. The van der Waals surface area contributed by atoms with E-state index in [4.69, 9.17) is 4.52 Å². The van der Waals surface area contributed by atoms with Gasteiger partial charge in [0.05, 0.1) is 18.4 Å². The van der Waals surface area contributed by atoms with Crippen LogP contribution in [0.15, 0.2) is 10.7 Å². The third-order valence-corrected chi connectivity index (χ3v) is 5.03. The molecule has 3 aromatic rings. The summed E-state index contributed by atoms with van der Waals surface area (Å²) in [4.78, 5) is 12.2. The third kappa shape index (κ3) is 3.27. The van der Waals surface area contributed by atoms with Crippen molar-refractivity contribution in [3.8, 4) is 0 Å². The first-order chi connectivity index (χ1) is 11.7. The van der Waals surface area contributed by atoms with Crippen molar-refractivity contribution in [2.24, 2.45) is 0 Å². The molecule has 4 rings (SSSR count). The zero-order valence-corrected chi connectivity index (χ0v) is 14.7. The van der Waals surface area contributed by atoms with E-state index in [9.17, 15) is 0 Å². The van der Waals surface area contributed by atoms with Gasteiger partial charge in [0.25, 0.3) is 0 Å². The van der Waals surface area contributed by atoms with Crippen LogP contribution in [0, 0.1) is 6.92 Å². The number of rotatable bonds is 5. The Balaban J connectivity index is 1.37. The molecule has 1 saturated heterocycles. The summed E-state index contributed by atoms with van der Waals surface area (Å²) in [5, 5.41) is 13.1. The van der Waals surface area contributed by atoms with E-state index in [2.05, 4.69) is 30.4 Å². The fraction of sp³-hybridized carbons (Fsp3) is 0.600. The molecule has 1 atom stereocenters. The van der Waals surface area contributed by atoms with Crippen LogP contribution in [0.2, 0.25) is 0 Å². The number of aryl methyl sites for hydroxylation is 2. The highest BCUT2D eigenvalue weighted by Gasteiger charge is 2.22. The minimum absolute atomic E-state index is 0.383. The Hall–Kier alpha value is -2.00. The molecule has 0 bridgehead atoms. The summed E-state index contributed by atoms with van der Waals surface area (Å²) in [5.41, 5.74) is 0.996. The highest BCUT2D eigenvalue weighted by atomic mass is 32.1. The van der Waals surface area contributed by atoms with Gasteiger partial charge >= 0.3 is 0 Å². The zero-order chi connectivity index (χ0) is 16.5. The first-order valence-electron chi connectivity index (χ1n) is 8.33. The van der Waals surface area contributed by atoms with Crippen molar-refractivity contribution >= 4 is 21.4 Å². The topological polar surface area (TPSA) is 84.4 Å². The molecule has 1 unspecified atom stereocenters. The Kier molecular flexibility index (Phi) is 4.19. The Morgan fingerprint density at radius 3 is 3.12 bits per heavy atom. The van der Waals surface area contributed by atoms with Crippen molar-refractivity contribution in [2.75, 3.05) is 18.4 Å². The van der Waals surface area contributed by atoms with Gasteiger partial charge in [-0.2, -0.15) is 4.98 Å². The van der Waals surface area contributed by atoms with Crippen LogP contribution in [0.25, 0.3) is 4.96 Å². The van der Waals surface area contributed by atoms with Crippen LogP contribution in [0.4, 0.5) is 5.13 Å². The lowest BCUT2D eigenvalue weighted by Crippen LogP contribution is -2.41. The Morgan fingerprint density at radius 1 is 1.42 bits per heavy atom. The van der Waals surface area contributed by atoms with Gasteiger partial charge in [0.1, 0.15) is 0 Å². The van der Waals surface area contributed by atoms with Crippen LogP contribution in [0.5, 0.6) is 0 Å². The van der Waals surface area contributed by atoms with Crippen LogP contribution in [0.1, 0.15) is 37.2 Å². The summed E-state index contributed by atoms with van der Waals surface area (Å²) in [6.07, 6.45) is 5.02. The van der Waals surface area contributed by atoms with Gasteiger partial charge in [-0.25, -0.2) is 9.50 Å². The maximum atomic E-state index is 5.19. The molecular weight excluding hydrogens is 326 g/mol. The molecule has 128 valence electrons. The minimum atomic E-state index is 0.383. The number of fused-ring (bicyclic) bond motifs is 1. The number of hydrogen-bond donors (Lipinski definition) is 1. The maximum absolute atomic E-state index is 5.19. The van der Waals surface area contributed by atoms with Crippen molar-refractivity contribution in [1.82, 2.24) is 29.6 Å². The third-order valence-electron chi connectivity index (χ3n) is 4.17. The lowest BCUT2D eigenvalue weighted by Gasteiger charge is -2.32. The van der Waals surface area contributed by atoms with Gasteiger partial charge < -0.3 is 9.84 Å². The molecule has 1 fully saturated rings. The predicted octanol–water partition coefficient (Wildman–Crippen LogP) is 2.12. The van der Waals surface area contributed by atoms with E-state index in [1.54, 1.807) is 11.3 Å². The van der Waals surface area contributed by atoms with Crippen LogP contribution in [0.3, 0.4) is 0 Å². The number of nitrogens with zero attached hydrogens (tertiary/aromatic N) is 6. The van der Waals surface area contributed by atoms with E-state index in [-0.39, 0.29) is 0 Å². The summed E-state index contributed by atoms with van der Waals surface area (Å²) >= 11 is 1.59. The first-order valence-corrected chi connectivity index (χ1v) is 9.14. The second-order valence-electron chi connectivity index (χ2n) is 6.19. The fourth-order valence-corrected chi connectivity index (χ4v) is 3.96. The van der Waals surface area contributed by atoms with E-state index in [1.807, 2.05) is 24.6 Å². The van der Waals surface area contributed by atoms with Gasteiger partial charge in [0, 0.05) is 19.0 Å². The molecule has 0 aromatic carbocycles. The monoisotopic (exact) mass is 347 g/mol. The van der Waals surface area contributed by atoms with E-state index < -0.39 is 0 Å². The highest BCUT2D eigenvalue weighted by molar-refractivity contribution is 7.20. The molecule has 3 aromatic heterocycles. The Bertz CT molecular complexity index is 791. The van der Waals surface area contributed by atoms with Crippen LogP contribution >= 0.6 is 11.3 Å². The second-order valence-corrected chi connectivity index (χ2v) is 7.15. The second kappa shape index (κ2) is 6.48. The summed E-state index contributed by atoms with van der Waals surface area (Å²) in [6.45, 7) is 6.76. The summed E-state index contributed by atoms with van der Waals surface area (Å²) in [5.74, 6) is 1.48. The maximum Gasteiger partial charge on any atom is 0.226 e. The van der Waals surface area contributed by atoms with Crippen molar-refractivity contribution in [1.29, 1.82) is 0 Å². The smallest absolute Gasteiger partial charge is 0.226 e. The summed E-state index contributed by atoms with van der Waals surface area (Å²) < 4.78 is 7.03. The van der Waals surface area contributed by atoms with Gasteiger partial charge in [-0.05, 0) is 26.3 Å². The Labute approximate surface area is 143 Å². The number of anilines is 1. The van der Waals surface area contributed by atoms with Gasteiger partial charge in [-0.1, -0.05) is 23.4 Å². The first kappa shape index (κ1) is 15.5. The molecule has 1 aliphatic rings. The molecular formula is C15H21N7OS. The van der Waals surface area contributed by atoms with E-state index in [0.717, 1.165) is 60.5 Å². The summed E-state index contributed by atoms with van der Waals surface area (Å²) in [6, 6.07) is 0.383. The number of imidazole rings is 1. The molecule has 1 N–H and O–H groups in total. The molecule has 0 amide bonds. The molecule has 24 heavy (non-hydrogen) atoms. The number of nitrogens with one attached hydrogen (secondary N) is 1. The minimum Gasteiger partial charge on any atom is -0.356 e. The van der Waals surface area contributed by atoms with Crippen molar-refractivity contribution in [3.63, 3.8) is 0 Å². The lowest BCUT2D eigenvalue weighted by atomic mass is 10.1. The largest absolute Gasteiger partial charge is 0.356 e. The molecule has 1 aliphatic heterocycles. The molecule has 9 heteroatoms. The summed E-state index contributed by atoms with van der Waals surface area (Å²) in [7, 11) is 0. The van der Waals surface area contributed by atoms with E-state index >= 15 is 0 Å². The number of hydrogen-bond acceptors (Lipinski definition) is 8. The molecule has 0 aliphatic carbocycles. The number of piperidine rings is 1. The highest BCUT2D eigenvalue weighted by Crippen LogP contribution is 2.22. The standard InChI is InChI=1S/C15H21N7OS/c1-3-13-18-12(20-23-13)9-21-6-4-5-11(8-21)17-14-19-22-7-10(2)16-15(22)24-14/h7,11H,3-6,8-9H2,1-2H3,(H,17,19). The van der Waals surface area contributed by atoms with E-state index in [1.165, 1.54) is 0 Å². The average molecular weight is 347 g/mol. The van der Waals surface area contributed by atoms with Gasteiger partial charge in [0.15, 0.2) is 5.82 Å². The SMILES string of the molecule is CCc1nc(CN2CCCC(Nc3nn4cc(C)nc4s3)C2)no1. The van der Waals surface area contributed by atoms with Gasteiger partial charge in [-0.15, -0.1) is 5.10 Å². The lowest BCUT2D eigenvalue weighted by molar-refractivity contribution is 0.201. The zero-order valence-electron chi connectivity index (χ0n) is 13.9. The Morgan fingerprint density at radius 2 is 2.33 bits per heavy atom. The molecule has 0 radical (unpaired) electrons. The predicted molar refractivity (Wildman–Crippen MR) is 91.2 cm³/mol. The number of aromatic nitrogens is 5. The van der Waals surface area contributed by atoms with E-state index in [0.29, 0.717) is 11.9 Å². The normalized spacial score (nSPS) is 19.2.